The fourth-order valence-electron chi connectivity index (χ4n) is 2.47. The van der Waals surface area contributed by atoms with Crippen LogP contribution >= 0.6 is 11.6 Å². The van der Waals surface area contributed by atoms with E-state index in [1.165, 1.54) is 23.1 Å². The van der Waals surface area contributed by atoms with E-state index in [2.05, 4.69) is 0 Å². The lowest BCUT2D eigenvalue weighted by atomic mass is 10.1. The zero-order chi connectivity index (χ0) is 16.4. The van der Waals surface area contributed by atoms with Crippen molar-refractivity contribution < 1.29 is 14.0 Å². The van der Waals surface area contributed by atoms with Crippen molar-refractivity contribution in [3.8, 4) is 0 Å². The normalized spacial score (nSPS) is 13.7. The highest BCUT2D eigenvalue weighted by atomic mass is 35.5. The molecule has 1 saturated carbocycles. The van der Waals surface area contributed by atoms with E-state index in [9.17, 15) is 14.0 Å². The maximum atomic E-state index is 14.6. The summed E-state index contributed by atoms with van der Waals surface area (Å²) in [4.78, 5) is 25.5. The average molecular weight is 332 g/mol. The Morgan fingerprint density at radius 3 is 2.39 bits per heavy atom. The Labute approximate surface area is 138 Å². The third-order valence-electron chi connectivity index (χ3n) is 3.88. The molecule has 0 N–H and O–H groups in total. The van der Waals surface area contributed by atoms with Crippen LogP contribution < -0.4 is 4.90 Å². The van der Waals surface area contributed by atoms with Gasteiger partial charge in [-0.1, -0.05) is 24.3 Å². The summed E-state index contributed by atoms with van der Waals surface area (Å²) in [6.07, 6.45) is 2.04. The standard InChI is InChI=1S/C18H15ClFNO2/c19-17(22)14-7-4-8-15(16(14)20)21(11-12-9-10-12)18(23)13-5-2-1-3-6-13/h1-8,12H,9-11H2. The number of hydrogen-bond acceptors (Lipinski definition) is 2. The number of nitrogens with zero attached hydrogens (tertiary/aromatic N) is 1. The van der Waals surface area contributed by atoms with Crippen LogP contribution in [0.5, 0.6) is 0 Å². The van der Waals surface area contributed by atoms with Gasteiger partial charge in [-0.2, -0.15) is 0 Å². The second kappa shape index (κ2) is 6.50. The second-order valence-electron chi connectivity index (χ2n) is 5.64. The predicted molar refractivity (Wildman–Crippen MR) is 87.4 cm³/mol. The number of carbonyl (C=O) groups is 2. The van der Waals surface area contributed by atoms with Gasteiger partial charge in [0.2, 0.25) is 0 Å². The van der Waals surface area contributed by atoms with Crippen LogP contribution in [0.1, 0.15) is 33.6 Å². The minimum absolute atomic E-state index is 0.0947. The van der Waals surface area contributed by atoms with Crippen LogP contribution in [0.2, 0.25) is 0 Å². The Balaban J connectivity index is 2.01. The molecule has 5 heteroatoms. The Morgan fingerprint density at radius 2 is 1.78 bits per heavy atom. The molecule has 0 aromatic heterocycles. The van der Waals surface area contributed by atoms with Gasteiger partial charge in [0.25, 0.3) is 11.1 Å². The first kappa shape index (κ1) is 15.7. The van der Waals surface area contributed by atoms with Gasteiger partial charge in [-0.05, 0) is 54.6 Å². The fourth-order valence-corrected chi connectivity index (χ4v) is 2.61. The van der Waals surface area contributed by atoms with Crippen molar-refractivity contribution in [1.82, 2.24) is 0 Å². The molecule has 1 fully saturated rings. The van der Waals surface area contributed by atoms with Gasteiger partial charge >= 0.3 is 0 Å². The Morgan fingerprint density at radius 1 is 1.09 bits per heavy atom. The van der Waals surface area contributed by atoms with E-state index < -0.39 is 11.1 Å². The molecule has 0 saturated heterocycles. The lowest BCUT2D eigenvalue weighted by Crippen LogP contribution is -2.34. The third kappa shape index (κ3) is 3.42. The highest BCUT2D eigenvalue weighted by Crippen LogP contribution is 2.33. The lowest BCUT2D eigenvalue weighted by molar-refractivity contribution is 0.0983. The minimum Gasteiger partial charge on any atom is -0.305 e. The molecule has 0 bridgehead atoms. The molecular weight excluding hydrogens is 317 g/mol. The summed E-state index contributed by atoms with van der Waals surface area (Å²) in [6.45, 7) is 0.435. The number of hydrogen-bond donors (Lipinski definition) is 0. The number of rotatable bonds is 5. The number of benzene rings is 2. The van der Waals surface area contributed by atoms with E-state index in [-0.39, 0.29) is 17.2 Å². The molecule has 1 aliphatic rings. The Kier molecular flexibility index (Phi) is 4.44. The summed E-state index contributed by atoms with van der Waals surface area (Å²) in [6, 6.07) is 13.1. The van der Waals surface area contributed by atoms with Gasteiger partial charge in [-0.25, -0.2) is 4.39 Å². The fraction of sp³-hybridized carbons (Fsp3) is 0.222. The maximum Gasteiger partial charge on any atom is 0.258 e. The summed E-state index contributed by atoms with van der Waals surface area (Å²) >= 11 is 5.42. The Hall–Kier alpha value is -2.20. The molecule has 3 rings (SSSR count). The van der Waals surface area contributed by atoms with Crippen molar-refractivity contribution in [2.45, 2.75) is 12.8 Å². The maximum absolute atomic E-state index is 14.6. The summed E-state index contributed by atoms with van der Waals surface area (Å²) < 4.78 is 14.6. The molecular formula is C18H15ClFNO2. The van der Waals surface area contributed by atoms with Gasteiger partial charge in [0.1, 0.15) is 0 Å². The summed E-state index contributed by atoms with van der Waals surface area (Å²) in [5.41, 5.74) is 0.359. The molecule has 1 aliphatic carbocycles. The van der Waals surface area contributed by atoms with Crippen LogP contribution in [0, 0.1) is 11.7 Å². The number of carbonyl (C=O) groups excluding carboxylic acids is 2. The second-order valence-corrected chi connectivity index (χ2v) is 5.98. The first-order valence-corrected chi connectivity index (χ1v) is 7.81. The monoisotopic (exact) mass is 331 g/mol. The summed E-state index contributed by atoms with van der Waals surface area (Å²) in [5.74, 6) is -0.662. The van der Waals surface area contributed by atoms with E-state index >= 15 is 0 Å². The van der Waals surface area contributed by atoms with Crippen LogP contribution in [0.3, 0.4) is 0 Å². The zero-order valence-corrected chi connectivity index (χ0v) is 13.1. The topological polar surface area (TPSA) is 37.4 Å². The molecule has 118 valence electrons. The smallest absolute Gasteiger partial charge is 0.258 e. The summed E-state index contributed by atoms with van der Waals surface area (Å²) in [7, 11) is 0. The number of anilines is 1. The number of halogens is 2. The van der Waals surface area contributed by atoms with Crippen molar-refractivity contribution in [2.24, 2.45) is 5.92 Å². The highest BCUT2D eigenvalue weighted by molar-refractivity contribution is 6.67. The molecule has 2 aromatic carbocycles. The molecule has 0 unspecified atom stereocenters. The van der Waals surface area contributed by atoms with Crippen molar-refractivity contribution in [3.05, 3.63) is 65.5 Å². The first-order chi connectivity index (χ1) is 11.1. The van der Waals surface area contributed by atoms with Crippen LogP contribution in [-0.4, -0.2) is 17.7 Å². The van der Waals surface area contributed by atoms with E-state index in [4.69, 9.17) is 11.6 Å². The zero-order valence-electron chi connectivity index (χ0n) is 12.3. The van der Waals surface area contributed by atoms with Crippen molar-refractivity contribution in [1.29, 1.82) is 0 Å². The van der Waals surface area contributed by atoms with Gasteiger partial charge in [0.15, 0.2) is 5.82 Å². The largest absolute Gasteiger partial charge is 0.305 e. The molecule has 23 heavy (non-hydrogen) atoms. The number of amides is 1. The van der Waals surface area contributed by atoms with E-state index in [0.717, 1.165) is 12.8 Å². The molecule has 0 radical (unpaired) electrons. The highest BCUT2D eigenvalue weighted by Gasteiger charge is 2.30. The molecule has 0 spiro atoms. The Bertz CT molecular complexity index is 744. The van der Waals surface area contributed by atoms with Gasteiger partial charge in [-0.3, -0.25) is 9.59 Å². The van der Waals surface area contributed by atoms with Crippen molar-refractivity contribution >= 4 is 28.4 Å². The van der Waals surface area contributed by atoms with Crippen LogP contribution in [0.15, 0.2) is 48.5 Å². The quantitative estimate of drug-likeness (QED) is 0.768. The SMILES string of the molecule is O=C(Cl)c1cccc(N(CC2CC2)C(=O)c2ccccc2)c1F. The molecule has 3 nitrogen and oxygen atoms in total. The van der Waals surface area contributed by atoms with Gasteiger partial charge in [-0.15, -0.1) is 0 Å². The van der Waals surface area contributed by atoms with E-state index in [1.54, 1.807) is 24.3 Å². The van der Waals surface area contributed by atoms with Crippen LogP contribution in [0.25, 0.3) is 0 Å². The molecule has 0 atom stereocenters. The van der Waals surface area contributed by atoms with Gasteiger partial charge in [0.05, 0.1) is 11.3 Å². The molecule has 2 aromatic rings. The summed E-state index contributed by atoms with van der Waals surface area (Å²) in [5, 5.41) is -0.872. The molecule has 0 heterocycles. The van der Waals surface area contributed by atoms with Gasteiger partial charge in [0, 0.05) is 12.1 Å². The minimum atomic E-state index is -0.872. The van der Waals surface area contributed by atoms with Crippen LogP contribution in [-0.2, 0) is 0 Å². The van der Waals surface area contributed by atoms with Crippen LogP contribution in [0.4, 0.5) is 10.1 Å². The predicted octanol–water partition coefficient (Wildman–Crippen LogP) is 4.26. The lowest BCUT2D eigenvalue weighted by Gasteiger charge is -2.24. The molecule has 1 amide bonds. The van der Waals surface area contributed by atoms with Crippen molar-refractivity contribution in [3.63, 3.8) is 0 Å². The van der Waals surface area contributed by atoms with Gasteiger partial charge < -0.3 is 4.90 Å². The third-order valence-corrected chi connectivity index (χ3v) is 4.09. The van der Waals surface area contributed by atoms with E-state index in [0.29, 0.717) is 18.0 Å². The average Bonchev–Trinajstić information content (AvgIpc) is 3.37. The van der Waals surface area contributed by atoms with Crippen molar-refractivity contribution in [2.75, 3.05) is 11.4 Å². The van der Waals surface area contributed by atoms with E-state index in [1.807, 2.05) is 6.07 Å². The first-order valence-electron chi connectivity index (χ1n) is 7.43. The molecule has 0 aliphatic heterocycles.